The van der Waals surface area contributed by atoms with Gasteiger partial charge in [-0.05, 0) is 53.0 Å². The highest BCUT2D eigenvalue weighted by Gasteiger charge is 2.31. The maximum absolute atomic E-state index is 12.5. The molecule has 19 heavy (non-hydrogen) atoms. The maximum atomic E-state index is 12.5. The molecule has 0 bridgehead atoms. The molecule has 0 spiro atoms. The quantitative estimate of drug-likeness (QED) is 0.864. The van der Waals surface area contributed by atoms with Crippen molar-refractivity contribution in [1.82, 2.24) is 14.9 Å². The van der Waals surface area contributed by atoms with E-state index in [-0.39, 0.29) is 11.9 Å². The first-order chi connectivity index (χ1) is 9.25. The molecule has 1 fully saturated rings. The van der Waals surface area contributed by atoms with Gasteiger partial charge < -0.3 is 9.88 Å². The fourth-order valence-electron chi connectivity index (χ4n) is 2.56. The average molecular weight is 320 g/mol. The first-order valence-electron chi connectivity index (χ1n) is 6.32. The molecule has 1 atom stereocenters. The second kappa shape index (κ2) is 5.17. The molecule has 98 valence electrons. The Morgan fingerprint density at radius 2 is 2.26 bits per heavy atom. The fourth-order valence-corrected chi connectivity index (χ4v) is 2.90. The van der Waals surface area contributed by atoms with Crippen molar-refractivity contribution in [2.24, 2.45) is 0 Å². The highest BCUT2D eigenvalue weighted by Crippen LogP contribution is 2.31. The number of aromatic nitrogens is 2. The zero-order valence-corrected chi connectivity index (χ0v) is 11.9. The number of aromatic amines is 1. The van der Waals surface area contributed by atoms with Crippen molar-refractivity contribution in [3.05, 3.63) is 52.5 Å². The number of nitrogens with zero attached hydrogens (tertiary/aromatic N) is 2. The molecule has 1 N–H and O–H groups in total. The number of halogens is 1. The van der Waals surface area contributed by atoms with E-state index in [4.69, 9.17) is 0 Å². The van der Waals surface area contributed by atoms with E-state index >= 15 is 0 Å². The van der Waals surface area contributed by atoms with E-state index < -0.39 is 0 Å². The SMILES string of the molecule is O=C(c1cccc(Br)n1)N1CCCC1c1ccc[nH]1. The van der Waals surface area contributed by atoms with Gasteiger partial charge in [-0.15, -0.1) is 0 Å². The Hall–Kier alpha value is -1.62. The minimum atomic E-state index is -0.00148. The summed E-state index contributed by atoms with van der Waals surface area (Å²) in [7, 11) is 0. The lowest BCUT2D eigenvalue weighted by Crippen LogP contribution is -2.31. The molecule has 3 heterocycles. The van der Waals surface area contributed by atoms with E-state index in [9.17, 15) is 4.79 Å². The van der Waals surface area contributed by atoms with Crippen LogP contribution in [0.25, 0.3) is 0 Å². The van der Waals surface area contributed by atoms with Crippen LogP contribution in [0.4, 0.5) is 0 Å². The van der Waals surface area contributed by atoms with Crippen molar-refractivity contribution in [3.63, 3.8) is 0 Å². The molecule has 1 saturated heterocycles. The Balaban J connectivity index is 1.87. The summed E-state index contributed by atoms with van der Waals surface area (Å²) >= 11 is 3.30. The number of amides is 1. The molecule has 4 nitrogen and oxygen atoms in total. The number of pyridine rings is 1. The highest BCUT2D eigenvalue weighted by atomic mass is 79.9. The van der Waals surface area contributed by atoms with Crippen molar-refractivity contribution >= 4 is 21.8 Å². The van der Waals surface area contributed by atoms with Crippen molar-refractivity contribution in [2.75, 3.05) is 6.54 Å². The van der Waals surface area contributed by atoms with E-state index in [1.807, 2.05) is 35.4 Å². The van der Waals surface area contributed by atoms with Crippen LogP contribution >= 0.6 is 15.9 Å². The number of hydrogen-bond donors (Lipinski definition) is 1. The van der Waals surface area contributed by atoms with Gasteiger partial charge in [0.05, 0.1) is 6.04 Å². The maximum Gasteiger partial charge on any atom is 0.273 e. The molecule has 0 aliphatic carbocycles. The molecule has 1 unspecified atom stereocenters. The topological polar surface area (TPSA) is 49.0 Å². The number of H-pyrrole nitrogens is 1. The summed E-state index contributed by atoms with van der Waals surface area (Å²) in [6.45, 7) is 0.788. The molecule has 2 aromatic rings. The minimum absolute atomic E-state index is 0.00148. The number of carbonyl (C=O) groups is 1. The average Bonchev–Trinajstić information content (AvgIpc) is 3.08. The Bertz CT molecular complexity index is 582. The van der Waals surface area contributed by atoms with E-state index in [1.54, 1.807) is 6.07 Å². The molecular formula is C14H14BrN3O. The van der Waals surface area contributed by atoms with Gasteiger partial charge in [-0.1, -0.05) is 6.07 Å². The van der Waals surface area contributed by atoms with Crippen molar-refractivity contribution < 1.29 is 4.79 Å². The zero-order chi connectivity index (χ0) is 13.2. The van der Waals surface area contributed by atoms with Crippen LogP contribution in [-0.4, -0.2) is 27.3 Å². The van der Waals surface area contributed by atoms with Crippen LogP contribution in [0.3, 0.4) is 0 Å². The molecule has 0 radical (unpaired) electrons. The van der Waals surface area contributed by atoms with Gasteiger partial charge in [-0.25, -0.2) is 4.98 Å². The molecule has 1 aliphatic heterocycles. The van der Waals surface area contributed by atoms with Gasteiger partial charge in [0, 0.05) is 18.4 Å². The normalized spacial score (nSPS) is 18.8. The number of hydrogen-bond acceptors (Lipinski definition) is 2. The third-order valence-electron chi connectivity index (χ3n) is 3.43. The van der Waals surface area contributed by atoms with Crippen LogP contribution in [0.2, 0.25) is 0 Å². The first kappa shape index (κ1) is 12.4. The number of likely N-dealkylation sites (tertiary alicyclic amines) is 1. The fraction of sp³-hybridized carbons (Fsp3) is 0.286. The van der Waals surface area contributed by atoms with Gasteiger partial charge in [-0.3, -0.25) is 4.79 Å². The van der Waals surface area contributed by atoms with Crippen molar-refractivity contribution in [2.45, 2.75) is 18.9 Å². The van der Waals surface area contributed by atoms with E-state index in [0.717, 1.165) is 25.1 Å². The number of rotatable bonds is 2. The molecule has 0 saturated carbocycles. The summed E-state index contributed by atoms with van der Waals surface area (Å²) in [6, 6.07) is 9.56. The van der Waals surface area contributed by atoms with Crippen LogP contribution in [0, 0.1) is 0 Å². The summed E-state index contributed by atoms with van der Waals surface area (Å²) in [4.78, 5) is 21.9. The Morgan fingerprint density at radius 3 is 3.00 bits per heavy atom. The predicted molar refractivity (Wildman–Crippen MR) is 75.7 cm³/mol. The van der Waals surface area contributed by atoms with Gasteiger partial charge in [0.1, 0.15) is 10.3 Å². The van der Waals surface area contributed by atoms with Gasteiger partial charge in [0.2, 0.25) is 0 Å². The van der Waals surface area contributed by atoms with Crippen LogP contribution in [0.1, 0.15) is 35.1 Å². The zero-order valence-electron chi connectivity index (χ0n) is 10.3. The molecule has 0 aromatic carbocycles. The Morgan fingerprint density at radius 1 is 1.37 bits per heavy atom. The number of carbonyl (C=O) groups excluding carboxylic acids is 1. The molecular weight excluding hydrogens is 306 g/mol. The van der Waals surface area contributed by atoms with E-state index in [2.05, 4.69) is 25.9 Å². The highest BCUT2D eigenvalue weighted by molar-refractivity contribution is 9.10. The van der Waals surface area contributed by atoms with Crippen LogP contribution < -0.4 is 0 Å². The van der Waals surface area contributed by atoms with Crippen LogP contribution in [0.5, 0.6) is 0 Å². The second-order valence-corrected chi connectivity index (χ2v) is 5.44. The minimum Gasteiger partial charge on any atom is -0.363 e. The lowest BCUT2D eigenvalue weighted by atomic mass is 10.1. The van der Waals surface area contributed by atoms with Crippen LogP contribution in [0.15, 0.2) is 41.1 Å². The summed E-state index contributed by atoms with van der Waals surface area (Å²) in [5, 5.41) is 0. The smallest absolute Gasteiger partial charge is 0.273 e. The first-order valence-corrected chi connectivity index (χ1v) is 7.12. The van der Waals surface area contributed by atoms with Crippen molar-refractivity contribution in [3.8, 4) is 0 Å². The van der Waals surface area contributed by atoms with Gasteiger partial charge in [-0.2, -0.15) is 0 Å². The predicted octanol–water partition coefficient (Wildman–Crippen LogP) is 3.15. The van der Waals surface area contributed by atoms with Gasteiger partial charge >= 0.3 is 0 Å². The summed E-state index contributed by atoms with van der Waals surface area (Å²) in [5.74, 6) is -0.00148. The monoisotopic (exact) mass is 319 g/mol. The lowest BCUT2D eigenvalue weighted by Gasteiger charge is -2.23. The Labute approximate surface area is 120 Å². The molecule has 1 aliphatic rings. The third-order valence-corrected chi connectivity index (χ3v) is 3.87. The van der Waals surface area contributed by atoms with Crippen molar-refractivity contribution in [1.29, 1.82) is 0 Å². The molecule has 2 aromatic heterocycles. The number of nitrogens with one attached hydrogen (secondary N) is 1. The van der Waals surface area contributed by atoms with Gasteiger partial charge in [0.25, 0.3) is 5.91 Å². The third kappa shape index (κ3) is 2.42. The van der Waals surface area contributed by atoms with E-state index in [0.29, 0.717) is 10.3 Å². The van der Waals surface area contributed by atoms with Gasteiger partial charge in [0.15, 0.2) is 0 Å². The van der Waals surface area contributed by atoms with E-state index in [1.165, 1.54) is 0 Å². The molecule has 1 amide bonds. The largest absolute Gasteiger partial charge is 0.363 e. The lowest BCUT2D eigenvalue weighted by molar-refractivity contribution is 0.0727. The summed E-state index contributed by atoms with van der Waals surface area (Å²) < 4.78 is 0.689. The Kier molecular flexibility index (Phi) is 3.38. The summed E-state index contributed by atoms with van der Waals surface area (Å²) in [6.07, 6.45) is 3.93. The standard InChI is InChI=1S/C14H14BrN3O/c15-13-7-1-4-11(17-13)14(19)18-9-3-6-12(18)10-5-2-8-16-10/h1-2,4-5,7-8,12,16H,3,6,9H2. The second-order valence-electron chi connectivity index (χ2n) is 4.63. The molecule has 5 heteroatoms. The van der Waals surface area contributed by atoms with Crippen LogP contribution in [-0.2, 0) is 0 Å². The summed E-state index contributed by atoms with van der Waals surface area (Å²) in [5.41, 5.74) is 1.59. The molecule has 3 rings (SSSR count).